The van der Waals surface area contributed by atoms with E-state index in [4.69, 9.17) is 4.74 Å². The highest BCUT2D eigenvalue weighted by atomic mass is 32.1. The van der Waals surface area contributed by atoms with E-state index >= 15 is 0 Å². The first-order valence-electron chi connectivity index (χ1n) is 10.3. The lowest BCUT2D eigenvalue weighted by Gasteiger charge is -2.19. The minimum Gasteiger partial charge on any atom is -0.454 e. The fraction of sp³-hybridized carbons (Fsp3) is 0.571. The maximum absolute atomic E-state index is 12.4. The number of thiophene rings is 1. The molecular formula is C21H23N3O5S. The molecule has 0 bridgehead atoms. The Hall–Kier alpha value is -2.73. The third kappa shape index (κ3) is 3.84. The number of amides is 3. The molecular weight excluding hydrogens is 406 g/mol. The van der Waals surface area contributed by atoms with Crippen molar-refractivity contribution in [3.05, 3.63) is 16.0 Å². The van der Waals surface area contributed by atoms with Crippen LogP contribution >= 0.6 is 11.3 Å². The van der Waals surface area contributed by atoms with E-state index in [0.29, 0.717) is 23.4 Å². The number of carbonyl (C=O) groups excluding carboxylic acids is 4. The van der Waals surface area contributed by atoms with E-state index in [-0.39, 0.29) is 23.7 Å². The van der Waals surface area contributed by atoms with Gasteiger partial charge in [-0.2, -0.15) is 5.26 Å². The first-order chi connectivity index (χ1) is 14.5. The number of aryl methyl sites for hydroxylation is 1. The molecule has 1 aliphatic heterocycles. The normalized spacial score (nSPS) is 22.8. The molecule has 9 heteroatoms. The van der Waals surface area contributed by atoms with Crippen LogP contribution in [0.1, 0.15) is 54.5 Å². The predicted octanol–water partition coefficient (Wildman–Crippen LogP) is 2.16. The number of ether oxygens (including phenoxy) is 1. The number of hydrogen-bond acceptors (Lipinski definition) is 7. The molecule has 2 aliphatic carbocycles. The molecule has 3 amide bonds. The number of nitriles is 1. The molecule has 158 valence electrons. The Morgan fingerprint density at radius 2 is 1.77 bits per heavy atom. The van der Waals surface area contributed by atoms with E-state index < -0.39 is 25.0 Å². The van der Waals surface area contributed by atoms with Crippen LogP contribution in [0.2, 0.25) is 0 Å². The Kier molecular flexibility index (Phi) is 5.86. The molecule has 1 N–H and O–H groups in total. The summed E-state index contributed by atoms with van der Waals surface area (Å²) in [5.74, 6) is -2.61. The fourth-order valence-electron chi connectivity index (χ4n) is 4.64. The summed E-state index contributed by atoms with van der Waals surface area (Å²) in [7, 11) is 0. The predicted molar refractivity (Wildman–Crippen MR) is 107 cm³/mol. The highest BCUT2D eigenvalue weighted by molar-refractivity contribution is 7.16. The van der Waals surface area contributed by atoms with Gasteiger partial charge in [0.1, 0.15) is 17.6 Å². The molecule has 4 rings (SSSR count). The van der Waals surface area contributed by atoms with Gasteiger partial charge in [-0.1, -0.05) is 12.8 Å². The third-order valence-electron chi connectivity index (χ3n) is 6.12. The second-order valence-corrected chi connectivity index (χ2v) is 9.10. The van der Waals surface area contributed by atoms with Gasteiger partial charge in [-0.25, -0.2) is 0 Å². The molecule has 30 heavy (non-hydrogen) atoms. The van der Waals surface area contributed by atoms with Gasteiger partial charge < -0.3 is 10.1 Å². The standard InChI is InChI=1S/C21H23N3O5S/c22-9-15-12-5-3-4-8-16(12)30-19(15)23-17(25)11-29-18(26)10-24-20(27)13-6-1-2-7-14(13)21(24)28/h13-14H,1-8,10-11H2,(H,23,25). The van der Waals surface area contributed by atoms with Crippen LogP contribution in [-0.2, 0) is 36.8 Å². The van der Waals surface area contributed by atoms with Gasteiger partial charge in [0, 0.05) is 4.88 Å². The Bertz CT molecular complexity index is 923. The zero-order valence-corrected chi connectivity index (χ0v) is 17.4. The summed E-state index contributed by atoms with van der Waals surface area (Å²) in [6.45, 7) is -0.996. The van der Waals surface area contributed by atoms with Gasteiger partial charge in [0.05, 0.1) is 17.4 Å². The summed E-state index contributed by atoms with van der Waals surface area (Å²) in [5, 5.41) is 12.6. The van der Waals surface area contributed by atoms with Crippen LogP contribution in [0, 0.1) is 23.2 Å². The van der Waals surface area contributed by atoms with Crippen LogP contribution in [0.5, 0.6) is 0 Å². The Morgan fingerprint density at radius 3 is 2.43 bits per heavy atom. The van der Waals surface area contributed by atoms with Crippen molar-refractivity contribution in [3.63, 3.8) is 0 Å². The van der Waals surface area contributed by atoms with Crippen LogP contribution in [0.3, 0.4) is 0 Å². The number of nitrogens with zero attached hydrogens (tertiary/aromatic N) is 2. The molecule has 1 aromatic rings. The molecule has 1 saturated heterocycles. The van der Waals surface area contributed by atoms with Crippen LogP contribution in [0.4, 0.5) is 5.00 Å². The van der Waals surface area contributed by atoms with E-state index in [2.05, 4.69) is 11.4 Å². The molecule has 0 radical (unpaired) electrons. The SMILES string of the molecule is N#Cc1c(NC(=O)COC(=O)CN2C(=O)C3CCCCC3C2=O)sc2c1CCCC2. The average Bonchev–Trinajstić information content (AvgIpc) is 3.22. The van der Waals surface area contributed by atoms with Crippen molar-refractivity contribution in [1.29, 1.82) is 5.26 Å². The van der Waals surface area contributed by atoms with Crippen molar-refractivity contribution in [2.75, 3.05) is 18.5 Å². The first-order valence-corrected chi connectivity index (χ1v) is 11.2. The lowest BCUT2D eigenvalue weighted by atomic mass is 9.81. The lowest BCUT2D eigenvalue weighted by molar-refractivity contribution is -0.154. The molecule has 2 unspecified atom stereocenters. The summed E-state index contributed by atoms with van der Waals surface area (Å²) < 4.78 is 4.99. The summed E-state index contributed by atoms with van der Waals surface area (Å²) in [5.41, 5.74) is 1.50. The second kappa shape index (κ2) is 8.56. The molecule has 0 spiro atoms. The summed E-state index contributed by atoms with van der Waals surface area (Å²) in [6, 6.07) is 2.16. The summed E-state index contributed by atoms with van der Waals surface area (Å²) >= 11 is 1.39. The zero-order valence-electron chi connectivity index (χ0n) is 16.6. The smallest absolute Gasteiger partial charge is 0.326 e. The maximum atomic E-state index is 12.4. The number of fused-ring (bicyclic) bond motifs is 2. The van der Waals surface area contributed by atoms with Gasteiger partial charge in [-0.15, -0.1) is 11.3 Å². The van der Waals surface area contributed by atoms with Gasteiger partial charge in [0.2, 0.25) is 11.8 Å². The van der Waals surface area contributed by atoms with Crippen molar-refractivity contribution in [2.24, 2.45) is 11.8 Å². The number of rotatable bonds is 5. The van der Waals surface area contributed by atoms with E-state index in [0.717, 1.165) is 53.9 Å². The topological polar surface area (TPSA) is 117 Å². The van der Waals surface area contributed by atoms with Gasteiger partial charge in [0.15, 0.2) is 6.61 Å². The number of imide groups is 1. The molecule has 2 fully saturated rings. The van der Waals surface area contributed by atoms with Crippen molar-refractivity contribution in [3.8, 4) is 6.07 Å². The van der Waals surface area contributed by atoms with Gasteiger partial charge >= 0.3 is 5.97 Å². The van der Waals surface area contributed by atoms with Crippen LogP contribution in [0.15, 0.2) is 0 Å². The first kappa shape index (κ1) is 20.5. The molecule has 0 aromatic carbocycles. The highest BCUT2D eigenvalue weighted by Crippen LogP contribution is 2.38. The van der Waals surface area contributed by atoms with Crippen LogP contribution < -0.4 is 5.32 Å². The quantitative estimate of drug-likeness (QED) is 0.566. The summed E-state index contributed by atoms with van der Waals surface area (Å²) in [6.07, 6.45) is 7.01. The van der Waals surface area contributed by atoms with Crippen molar-refractivity contribution < 1.29 is 23.9 Å². The van der Waals surface area contributed by atoms with E-state index in [1.165, 1.54) is 11.3 Å². The third-order valence-corrected chi connectivity index (χ3v) is 7.33. The molecule has 1 aromatic heterocycles. The number of nitrogens with one attached hydrogen (secondary N) is 1. The van der Waals surface area contributed by atoms with Gasteiger partial charge in [-0.3, -0.25) is 24.1 Å². The van der Waals surface area contributed by atoms with E-state index in [1.54, 1.807) is 0 Å². The van der Waals surface area contributed by atoms with Gasteiger partial charge in [-0.05, 0) is 44.1 Å². The largest absolute Gasteiger partial charge is 0.454 e. The van der Waals surface area contributed by atoms with E-state index in [9.17, 15) is 24.4 Å². The van der Waals surface area contributed by atoms with Crippen LogP contribution in [0.25, 0.3) is 0 Å². The number of esters is 1. The van der Waals surface area contributed by atoms with Crippen LogP contribution in [-0.4, -0.2) is 41.7 Å². The molecule has 3 aliphatic rings. The minimum atomic E-state index is -0.795. The molecule has 2 atom stereocenters. The number of carbonyl (C=O) groups is 4. The number of likely N-dealkylation sites (tertiary alicyclic amines) is 1. The Labute approximate surface area is 178 Å². The number of anilines is 1. The fourth-order valence-corrected chi connectivity index (χ4v) is 5.90. The molecule has 1 saturated carbocycles. The maximum Gasteiger partial charge on any atom is 0.326 e. The zero-order chi connectivity index (χ0) is 21.3. The van der Waals surface area contributed by atoms with Crippen molar-refractivity contribution in [1.82, 2.24) is 4.90 Å². The molecule has 2 heterocycles. The number of hydrogen-bond donors (Lipinski definition) is 1. The van der Waals surface area contributed by atoms with Crippen molar-refractivity contribution in [2.45, 2.75) is 51.4 Å². The van der Waals surface area contributed by atoms with Crippen molar-refractivity contribution >= 4 is 40.0 Å². The average molecular weight is 429 g/mol. The minimum absolute atomic E-state index is 0.311. The Morgan fingerprint density at radius 1 is 1.10 bits per heavy atom. The highest BCUT2D eigenvalue weighted by Gasteiger charge is 2.48. The lowest BCUT2D eigenvalue weighted by Crippen LogP contribution is -2.37. The monoisotopic (exact) mass is 429 g/mol. The van der Waals surface area contributed by atoms with E-state index in [1.807, 2.05) is 0 Å². The Balaban J connectivity index is 1.31. The van der Waals surface area contributed by atoms with Gasteiger partial charge in [0.25, 0.3) is 5.91 Å². The second-order valence-electron chi connectivity index (χ2n) is 8.00. The summed E-state index contributed by atoms with van der Waals surface area (Å²) in [4.78, 5) is 51.3. The molecule has 8 nitrogen and oxygen atoms in total.